The molecule has 0 aromatic heterocycles. The largest absolute Gasteiger partial charge is 1.00 e. The molecule has 0 aliphatic carbocycles. The van der Waals surface area contributed by atoms with Crippen LogP contribution in [0.25, 0.3) is 43.1 Å². The summed E-state index contributed by atoms with van der Waals surface area (Å²) in [6, 6.07) is 58.7. The maximum atomic E-state index is 3.34. The number of benzene rings is 4. The van der Waals surface area contributed by atoms with Gasteiger partial charge in [-0.1, -0.05) is 24.3 Å². The van der Waals surface area contributed by atoms with Gasteiger partial charge in [0.15, 0.2) is 0 Å². The van der Waals surface area contributed by atoms with Gasteiger partial charge in [0.1, 0.15) is 0 Å². The van der Waals surface area contributed by atoms with Crippen LogP contribution in [0, 0.1) is 0 Å². The van der Waals surface area contributed by atoms with Crippen molar-refractivity contribution >= 4 is 51.5 Å². The number of hydrogen-bond donors (Lipinski definition) is 0. The minimum atomic E-state index is 0. The van der Waals surface area contributed by atoms with Crippen LogP contribution in [0.1, 0.15) is 0 Å². The molecule has 8 aromatic rings. The summed E-state index contributed by atoms with van der Waals surface area (Å²) in [4.78, 5) is 0. The van der Waals surface area contributed by atoms with Gasteiger partial charge in [0.05, 0.1) is 0 Å². The molecule has 4 heteroatoms. The van der Waals surface area contributed by atoms with E-state index >= 15 is 0 Å². The molecule has 0 fully saturated rings. The van der Waals surface area contributed by atoms with Crippen molar-refractivity contribution in [2.24, 2.45) is 0 Å². The molecule has 0 radical (unpaired) electrons. The van der Waals surface area contributed by atoms with Crippen molar-refractivity contribution < 1.29 is 73.3 Å². The summed E-state index contributed by atoms with van der Waals surface area (Å²) in [7, 11) is 0. The number of hydrogen-bond acceptors (Lipinski definition) is 0. The van der Waals surface area contributed by atoms with Crippen LogP contribution in [0.4, 0.5) is 0 Å². The van der Waals surface area contributed by atoms with Crippen molar-refractivity contribution in [2.75, 3.05) is 0 Å². The predicted octanol–water partition coefficient (Wildman–Crippen LogP) is 4.17. The minimum absolute atomic E-state index is 0. The first-order valence-electron chi connectivity index (χ1n) is 13.0. The Balaban J connectivity index is 0.000000265. The summed E-state index contributed by atoms with van der Waals surface area (Å²) < 4.78 is 6.68. The Morgan fingerprint density at radius 1 is 0.310 bits per heavy atom. The van der Waals surface area contributed by atoms with E-state index in [-0.39, 0.29) is 24.8 Å². The van der Waals surface area contributed by atoms with Gasteiger partial charge in [0.2, 0.25) is 0 Å². The summed E-state index contributed by atoms with van der Waals surface area (Å²) in [6.45, 7) is 0. The second kappa shape index (κ2) is 22.0. The topological polar surface area (TPSA) is 0 Å². The van der Waals surface area contributed by atoms with Crippen molar-refractivity contribution in [1.29, 1.82) is 0 Å². The summed E-state index contributed by atoms with van der Waals surface area (Å²) in [5.74, 6) is 0. The molecular weight excluding hydrogens is 710 g/mol. The van der Waals surface area contributed by atoms with E-state index in [2.05, 4.69) is 178 Å². The minimum Gasteiger partial charge on any atom is -1.00 e. The average Bonchev–Trinajstić information content (AvgIpc) is 3.86. The molecule has 0 spiro atoms. The molecule has 0 saturated carbocycles. The molecule has 0 amide bonds. The van der Waals surface area contributed by atoms with Gasteiger partial charge in [-0.25, -0.2) is 0 Å². The van der Waals surface area contributed by atoms with Gasteiger partial charge < -0.3 is 24.8 Å². The van der Waals surface area contributed by atoms with Crippen LogP contribution in [0.3, 0.4) is 0 Å². The van der Waals surface area contributed by atoms with Gasteiger partial charge in [0.25, 0.3) is 0 Å². The molecular formula is C38H32Cl2Zr2-2. The zero-order valence-electron chi connectivity index (χ0n) is 23.3. The Morgan fingerprint density at radius 2 is 0.500 bits per heavy atom. The van der Waals surface area contributed by atoms with Gasteiger partial charge in [-0.05, 0) is 0 Å². The van der Waals surface area contributed by atoms with Crippen molar-refractivity contribution in [3.63, 3.8) is 0 Å². The molecule has 208 valence electrons. The first-order valence-corrected chi connectivity index (χ1v) is 16.5. The fourth-order valence-corrected chi connectivity index (χ4v) is 4.28. The summed E-state index contributed by atoms with van der Waals surface area (Å²) >= 11 is 2.60. The van der Waals surface area contributed by atoms with E-state index in [9.17, 15) is 0 Å². The Labute approximate surface area is 291 Å². The van der Waals surface area contributed by atoms with E-state index in [0.717, 1.165) is 0 Å². The van der Waals surface area contributed by atoms with Crippen LogP contribution in [0.2, 0.25) is 0 Å². The van der Waals surface area contributed by atoms with Crippen LogP contribution >= 0.6 is 0 Å². The quantitative estimate of drug-likeness (QED) is 0.205. The van der Waals surface area contributed by atoms with Crippen LogP contribution in [0.5, 0.6) is 0 Å². The van der Waals surface area contributed by atoms with E-state index in [1.165, 1.54) is 91.6 Å². The number of rotatable bonds is 0. The molecule has 8 aromatic carbocycles. The van der Waals surface area contributed by atoms with Gasteiger partial charge >= 0.3 is 56.9 Å². The van der Waals surface area contributed by atoms with Crippen molar-refractivity contribution in [3.8, 4) is 0 Å². The average molecular weight is 742 g/mol. The smallest absolute Gasteiger partial charge is 0.0809 e. The molecule has 0 saturated heterocycles. The molecule has 0 aliphatic rings. The van der Waals surface area contributed by atoms with Crippen LogP contribution in [-0.2, 0) is 48.5 Å². The Morgan fingerprint density at radius 3 is 0.690 bits per heavy atom. The van der Waals surface area contributed by atoms with Gasteiger partial charge in [-0.3, -0.25) is 0 Å². The molecule has 42 heavy (non-hydrogen) atoms. The first kappa shape index (κ1) is 37.4. The Kier molecular flexibility index (Phi) is 19.6. The Bertz CT molecular complexity index is 1420. The van der Waals surface area contributed by atoms with E-state index in [1.807, 2.05) is 0 Å². The maximum Gasteiger partial charge on any atom is -0.0809 e. The van der Waals surface area contributed by atoms with Crippen molar-refractivity contribution in [3.05, 3.63) is 170 Å². The monoisotopic (exact) mass is 738 g/mol. The van der Waals surface area contributed by atoms with Crippen LogP contribution < -0.4 is 24.8 Å². The molecule has 8 rings (SSSR count). The molecule has 0 aliphatic heterocycles. The zero-order valence-corrected chi connectivity index (χ0v) is 29.8. The van der Waals surface area contributed by atoms with Gasteiger partial charge in [-0.2, -0.15) is 70.1 Å². The van der Waals surface area contributed by atoms with E-state index in [0.29, 0.717) is 0 Å². The molecule has 0 bridgehead atoms. The van der Waals surface area contributed by atoms with Crippen LogP contribution in [-0.4, -0.2) is 8.42 Å². The molecule has 0 unspecified atom stereocenters. The molecule has 0 N–H and O–H groups in total. The standard InChI is InChI=1S/4C9H7.2CH2.2ClH.2Zr/c4*1-2-5-9-7-3-6-8(9)4-1;;;;;;/h4*1-7H;2*1H2;2*1H;;/q4*-1;;;;;2*+2/p-2. The number of fused-ring (bicyclic) bond motifs is 4. The fourth-order valence-electron chi connectivity index (χ4n) is 4.28. The van der Waals surface area contributed by atoms with Gasteiger partial charge in [-0.15, -0.1) is 119 Å². The maximum absolute atomic E-state index is 3.34. The second-order valence-corrected chi connectivity index (χ2v) is 8.62. The molecule has 0 atom stereocenters. The molecule has 0 nitrogen and oxygen atoms in total. The molecule has 0 heterocycles. The van der Waals surface area contributed by atoms with E-state index < -0.39 is 0 Å². The number of halogens is 2. The summed E-state index contributed by atoms with van der Waals surface area (Å²) in [5.41, 5.74) is 0. The third-order valence-corrected chi connectivity index (χ3v) is 6.19. The SMILES string of the molecule is [CH2]=[Zr+2].[CH2]=[Zr+2].[Cl-].[Cl-].c1ccc2[cH-]ccc2c1.c1ccc2[cH-]ccc2c1.c1ccc2[cH-]ccc2c1.c1ccc2[cH-]ccc2c1. The second-order valence-electron chi connectivity index (χ2n) is 8.62. The normalized spacial score (nSPS) is 9.05. The zero-order chi connectivity index (χ0) is 28.4. The fraction of sp³-hybridized carbons (Fsp3) is 0. The van der Waals surface area contributed by atoms with Crippen molar-refractivity contribution in [2.45, 2.75) is 0 Å². The predicted molar refractivity (Wildman–Crippen MR) is 172 cm³/mol. The third kappa shape index (κ3) is 11.6. The summed E-state index contributed by atoms with van der Waals surface area (Å²) in [6.07, 6.45) is 0. The van der Waals surface area contributed by atoms with Gasteiger partial charge in [0, 0.05) is 0 Å². The van der Waals surface area contributed by atoms with E-state index in [1.54, 1.807) is 0 Å². The summed E-state index contributed by atoms with van der Waals surface area (Å²) in [5, 5.41) is 10.6. The third-order valence-electron chi connectivity index (χ3n) is 6.19. The van der Waals surface area contributed by atoms with Crippen LogP contribution in [0.15, 0.2) is 170 Å². The van der Waals surface area contributed by atoms with E-state index in [4.69, 9.17) is 0 Å². The first-order chi connectivity index (χ1) is 19.9. The Hall–Kier alpha value is -2.59. The van der Waals surface area contributed by atoms with Crippen molar-refractivity contribution in [1.82, 2.24) is 0 Å².